The zero-order valence-electron chi connectivity index (χ0n) is 28.3. The molecular formula is C43H46N3S2+. The van der Waals surface area contributed by atoms with E-state index in [1.165, 1.54) is 84.7 Å². The molecule has 0 saturated carbocycles. The number of fused-ring (bicyclic) bond motifs is 2. The summed E-state index contributed by atoms with van der Waals surface area (Å²) in [5, 5.41) is 2.83. The summed E-state index contributed by atoms with van der Waals surface area (Å²) in [6, 6.07) is 39.7. The van der Waals surface area contributed by atoms with Crippen molar-refractivity contribution in [3.8, 4) is 0 Å². The lowest BCUT2D eigenvalue weighted by Gasteiger charge is -2.29. The summed E-state index contributed by atoms with van der Waals surface area (Å²) in [5.74, 6) is 0. The lowest BCUT2D eigenvalue weighted by Crippen LogP contribution is -2.36. The molecule has 48 heavy (non-hydrogen) atoms. The Labute approximate surface area is 294 Å². The number of nitrogens with zero attached hydrogens (tertiary/aromatic N) is 3. The van der Waals surface area contributed by atoms with Gasteiger partial charge >= 0.3 is 0 Å². The zero-order valence-corrected chi connectivity index (χ0v) is 29.9. The van der Waals surface area contributed by atoms with Gasteiger partial charge in [0.15, 0.2) is 0 Å². The minimum absolute atomic E-state index is 0.946. The van der Waals surface area contributed by atoms with E-state index in [0.717, 1.165) is 38.8 Å². The Morgan fingerprint density at radius 1 is 0.729 bits per heavy atom. The highest BCUT2D eigenvalue weighted by molar-refractivity contribution is 8.03. The van der Waals surface area contributed by atoms with Gasteiger partial charge in [-0.3, -0.25) is 0 Å². The first-order valence-corrected chi connectivity index (χ1v) is 19.3. The minimum atomic E-state index is 0.946. The molecular weight excluding hydrogens is 623 g/mol. The number of allylic oxidation sites excluding steroid dienone is 4. The van der Waals surface area contributed by atoms with E-state index in [1.807, 2.05) is 23.1 Å². The van der Waals surface area contributed by atoms with E-state index in [2.05, 4.69) is 150 Å². The average Bonchev–Trinajstić information content (AvgIpc) is 3.81. The Morgan fingerprint density at radius 2 is 1.42 bits per heavy atom. The Morgan fingerprint density at radius 3 is 2.17 bits per heavy atom. The zero-order chi connectivity index (χ0) is 32.7. The molecule has 0 saturated heterocycles. The molecule has 2 heterocycles. The standard InChI is InChI=1S/C43H46N3S2/c1-3-5-31-44-37-21-13-15-23-39(37)47-41(44)29-27-33-25-26-34(28-30-42-45(32-6-4-2)38-22-14-16-24-40(38)48-42)43(33)46(35-17-9-7-10-18-35)36-19-11-8-12-20-36/h7-24,27,30H,3-6,25-26,28-29,31-32H2,1-2H3/q+1. The predicted molar refractivity (Wildman–Crippen MR) is 207 cm³/mol. The Hall–Kier alpha value is -4.06. The second-order valence-corrected chi connectivity index (χ2v) is 14.9. The van der Waals surface area contributed by atoms with Crippen LogP contribution >= 0.6 is 23.1 Å². The molecule has 0 bridgehead atoms. The second kappa shape index (κ2) is 15.4. The summed E-state index contributed by atoms with van der Waals surface area (Å²) in [6.45, 7) is 6.72. The SMILES string of the molecule is CCCCN1C(=CCC2=C(N(c3ccccc3)c3ccccc3)C(=CCc3sc4ccccc4[n+]3CCCC)CC2)Sc2ccccc21. The fourth-order valence-electron chi connectivity index (χ4n) is 6.98. The largest absolute Gasteiger partial charge is 0.335 e. The van der Waals surface area contributed by atoms with Gasteiger partial charge < -0.3 is 9.80 Å². The highest BCUT2D eigenvalue weighted by atomic mass is 32.2. The van der Waals surface area contributed by atoms with Gasteiger partial charge in [-0.15, -0.1) is 0 Å². The quantitative estimate of drug-likeness (QED) is 0.116. The second-order valence-electron chi connectivity index (χ2n) is 12.7. The van der Waals surface area contributed by atoms with Crippen LogP contribution < -0.4 is 14.4 Å². The van der Waals surface area contributed by atoms with Gasteiger partial charge in [0.05, 0.1) is 17.1 Å². The van der Waals surface area contributed by atoms with Crippen LogP contribution in [0.4, 0.5) is 17.1 Å². The van der Waals surface area contributed by atoms with Crippen LogP contribution in [0.1, 0.15) is 63.8 Å². The highest BCUT2D eigenvalue weighted by Gasteiger charge is 2.29. The van der Waals surface area contributed by atoms with Crippen LogP contribution in [0.5, 0.6) is 0 Å². The number of anilines is 3. The van der Waals surface area contributed by atoms with Crippen molar-refractivity contribution < 1.29 is 4.57 Å². The predicted octanol–water partition coefficient (Wildman–Crippen LogP) is 12.0. The minimum Gasteiger partial charge on any atom is -0.335 e. The van der Waals surface area contributed by atoms with Crippen molar-refractivity contribution >= 4 is 50.4 Å². The van der Waals surface area contributed by atoms with Crippen LogP contribution in [0.25, 0.3) is 10.2 Å². The summed E-state index contributed by atoms with van der Waals surface area (Å²) < 4.78 is 3.96. The molecule has 2 aliphatic rings. The lowest BCUT2D eigenvalue weighted by atomic mass is 10.1. The smallest absolute Gasteiger partial charge is 0.242 e. The van der Waals surface area contributed by atoms with Gasteiger partial charge in [-0.2, -0.15) is 4.57 Å². The fraction of sp³-hybridized carbons (Fsp3) is 0.279. The maximum Gasteiger partial charge on any atom is 0.242 e. The molecule has 244 valence electrons. The number of unbranched alkanes of at least 4 members (excludes halogenated alkanes) is 2. The molecule has 0 amide bonds. The third-order valence-corrected chi connectivity index (χ3v) is 11.8. The van der Waals surface area contributed by atoms with Gasteiger partial charge in [0, 0.05) is 41.0 Å². The van der Waals surface area contributed by atoms with E-state index in [9.17, 15) is 0 Å². The van der Waals surface area contributed by atoms with Gasteiger partial charge in [0.2, 0.25) is 10.5 Å². The van der Waals surface area contributed by atoms with Crippen LogP contribution in [-0.2, 0) is 13.0 Å². The summed E-state index contributed by atoms with van der Waals surface area (Å²) in [7, 11) is 0. The molecule has 0 fully saturated rings. The van der Waals surface area contributed by atoms with Gasteiger partial charge in [-0.05, 0) is 85.4 Å². The summed E-state index contributed by atoms with van der Waals surface area (Å²) in [5.41, 5.74) is 9.51. The number of thioether (sulfide) groups is 1. The summed E-state index contributed by atoms with van der Waals surface area (Å²) in [6.07, 6.45) is 13.9. The van der Waals surface area contributed by atoms with Crippen LogP contribution in [0.15, 0.2) is 148 Å². The number of hydrogen-bond donors (Lipinski definition) is 0. The number of aromatic nitrogens is 1. The Balaban J connectivity index is 1.30. The van der Waals surface area contributed by atoms with Crippen LogP contribution in [0, 0.1) is 0 Å². The van der Waals surface area contributed by atoms with Crippen molar-refractivity contribution in [1.29, 1.82) is 0 Å². The van der Waals surface area contributed by atoms with E-state index < -0.39 is 0 Å². The first kappa shape index (κ1) is 32.5. The number of hydrogen-bond acceptors (Lipinski definition) is 4. The van der Waals surface area contributed by atoms with Crippen LogP contribution in [0.3, 0.4) is 0 Å². The van der Waals surface area contributed by atoms with Crippen LogP contribution in [0.2, 0.25) is 0 Å². The Bertz CT molecular complexity index is 1900. The average molecular weight is 669 g/mol. The Kier molecular flexibility index (Phi) is 10.4. The topological polar surface area (TPSA) is 10.4 Å². The first-order chi connectivity index (χ1) is 23.7. The number of rotatable bonds is 13. The van der Waals surface area contributed by atoms with E-state index >= 15 is 0 Å². The molecule has 0 atom stereocenters. The van der Waals surface area contributed by atoms with E-state index in [4.69, 9.17) is 0 Å². The fourth-order valence-corrected chi connectivity index (χ4v) is 9.25. The van der Waals surface area contributed by atoms with Crippen molar-refractivity contribution in [1.82, 2.24) is 0 Å². The van der Waals surface area contributed by atoms with Gasteiger partial charge in [-0.1, -0.05) is 117 Å². The molecule has 4 aromatic carbocycles. The number of thiazole rings is 1. The van der Waals surface area contributed by atoms with Crippen molar-refractivity contribution in [2.24, 2.45) is 0 Å². The lowest BCUT2D eigenvalue weighted by molar-refractivity contribution is -0.674. The molecule has 0 N–H and O–H groups in total. The summed E-state index contributed by atoms with van der Waals surface area (Å²) in [4.78, 5) is 6.45. The number of benzene rings is 4. The van der Waals surface area contributed by atoms with E-state index in [1.54, 1.807) is 0 Å². The van der Waals surface area contributed by atoms with Gasteiger partial charge in [0.25, 0.3) is 0 Å². The summed E-state index contributed by atoms with van der Waals surface area (Å²) >= 11 is 3.89. The monoisotopic (exact) mass is 668 g/mol. The highest BCUT2D eigenvalue weighted by Crippen LogP contribution is 2.47. The molecule has 0 spiro atoms. The third kappa shape index (κ3) is 6.90. The van der Waals surface area contributed by atoms with Crippen LogP contribution in [-0.4, -0.2) is 6.54 Å². The molecule has 1 aliphatic carbocycles. The molecule has 1 aliphatic heterocycles. The van der Waals surface area contributed by atoms with Crippen molar-refractivity contribution in [2.75, 3.05) is 16.3 Å². The molecule has 0 unspecified atom stereocenters. The maximum atomic E-state index is 2.58. The number of aryl methyl sites for hydroxylation is 1. The number of para-hydroxylation sites is 4. The van der Waals surface area contributed by atoms with Gasteiger partial charge in [-0.25, -0.2) is 0 Å². The maximum absolute atomic E-state index is 2.58. The van der Waals surface area contributed by atoms with Crippen molar-refractivity contribution in [2.45, 2.75) is 76.7 Å². The van der Waals surface area contributed by atoms with Crippen molar-refractivity contribution in [3.05, 3.63) is 148 Å². The first-order valence-electron chi connectivity index (χ1n) is 17.7. The van der Waals surface area contributed by atoms with E-state index in [0.29, 0.717) is 0 Å². The molecule has 0 radical (unpaired) electrons. The van der Waals surface area contributed by atoms with Crippen molar-refractivity contribution in [3.63, 3.8) is 0 Å². The van der Waals surface area contributed by atoms with Gasteiger partial charge in [0.1, 0.15) is 11.2 Å². The third-order valence-electron chi connectivity index (χ3n) is 9.43. The normalized spacial score (nSPS) is 16.1. The van der Waals surface area contributed by atoms with E-state index in [-0.39, 0.29) is 0 Å². The molecule has 5 aromatic rings. The molecule has 5 heteroatoms. The molecule has 7 rings (SSSR count). The molecule has 1 aromatic heterocycles. The molecule has 3 nitrogen and oxygen atoms in total.